The quantitative estimate of drug-likeness (QED) is 0.310. The highest BCUT2D eigenvalue weighted by Crippen LogP contribution is 2.47. The summed E-state index contributed by atoms with van der Waals surface area (Å²) in [7, 11) is 0. The third-order valence-electron chi connectivity index (χ3n) is 7.99. The summed E-state index contributed by atoms with van der Waals surface area (Å²) in [6.07, 6.45) is 1.50. The number of carbonyl (C=O) groups is 2. The summed E-state index contributed by atoms with van der Waals surface area (Å²) in [6, 6.07) is 23.4. The molecule has 1 saturated carbocycles. The van der Waals surface area contributed by atoms with Gasteiger partial charge in [-0.25, -0.2) is 0 Å². The normalized spacial score (nSPS) is 15.9. The molecule has 0 spiro atoms. The van der Waals surface area contributed by atoms with E-state index < -0.39 is 11.5 Å². The number of rotatable bonds is 4. The molecule has 0 saturated heterocycles. The Labute approximate surface area is 213 Å². The van der Waals surface area contributed by atoms with Crippen molar-refractivity contribution in [1.29, 1.82) is 0 Å². The highest BCUT2D eigenvalue weighted by Gasteiger charge is 2.42. The number of nitrogens with one attached hydrogen (secondary N) is 1. The summed E-state index contributed by atoms with van der Waals surface area (Å²) >= 11 is 0. The van der Waals surface area contributed by atoms with Crippen molar-refractivity contribution in [3.05, 3.63) is 101 Å². The smallest absolute Gasteiger partial charge is 0.258 e. The lowest BCUT2D eigenvalue weighted by atomic mass is 9.92. The second kappa shape index (κ2) is 7.54. The molecule has 5 aromatic rings. The van der Waals surface area contributed by atoms with E-state index in [1.54, 1.807) is 6.07 Å². The van der Waals surface area contributed by atoms with Crippen molar-refractivity contribution < 1.29 is 14.7 Å². The van der Waals surface area contributed by atoms with E-state index in [4.69, 9.17) is 5.73 Å². The zero-order chi connectivity index (χ0) is 25.5. The maximum Gasteiger partial charge on any atom is 0.258 e. The predicted molar refractivity (Wildman–Crippen MR) is 145 cm³/mol. The van der Waals surface area contributed by atoms with E-state index in [0.29, 0.717) is 17.6 Å². The molecule has 0 bridgehead atoms. The topological polar surface area (TPSA) is 99.4 Å². The van der Waals surface area contributed by atoms with E-state index >= 15 is 0 Å². The van der Waals surface area contributed by atoms with Gasteiger partial charge >= 0.3 is 0 Å². The van der Waals surface area contributed by atoms with E-state index in [-0.39, 0.29) is 5.91 Å². The molecule has 1 fully saturated rings. The molecule has 2 amide bonds. The van der Waals surface area contributed by atoms with Crippen molar-refractivity contribution >= 4 is 39.3 Å². The monoisotopic (exact) mass is 487 g/mol. The van der Waals surface area contributed by atoms with Crippen LogP contribution in [-0.4, -0.2) is 21.9 Å². The Hall–Kier alpha value is -4.42. The van der Waals surface area contributed by atoms with Gasteiger partial charge in [-0.05, 0) is 71.8 Å². The molecule has 7 rings (SSSR count). The molecular formula is C31H25N3O3. The molecule has 1 aromatic heterocycles. The van der Waals surface area contributed by atoms with Crippen molar-refractivity contribution in [2.75, 3.05) is 4.90 Å². The number of aromatic nitrogens is 1. The Kier molecular flexibility index (Phi) is 4.45. The van der Waals surface area contributed by atoms with Gasteiger partial charge in [0.15, 0.2) is 0 Å². The second-order valence-corrected chi connectivity index (χ2v) is 10.2. The molecule has 182 valence electrons. The third-order valence-corrected chi connectivity index (χ3v) is 7.99. The largest absolute Gasteiger partial charge is 0.385 e. The highest BCUT2D eigenvalue weighted by atomic mass is 16.3. The summed E-state index contributed by atoms with van der Waals surface area (Å²) < 4.78 is 0. The Morgan fingerprint density at radius 3 is 2.51 bits per heavy atom. The molecule has 6 heteroatoms. The van der Waals surface area contributed by atoms with Crippen LogP contribution in [0.4, 0.5) is 5.69 Å². The van der Waals surface area contributed by atoms with Gasteiger partial charge in [0.1, 0.15) is 0 Å². The lowest BCUT2D eigenvalue weighted by Gasteiger charge is -2.21. The van der Waals surface area contributed by atoms with Gasteiger partial charge in [-0.2, -0.15) is 0 Å². The first-order valence-electron chi connectivity index (χ1n) is 12.5. The molecule has 1 aliphatic carbocycles. The Morgan fingerprint density at radius 2 is 1.76 bits per heavy atom. The van der Waals surface area contributed by atoms with Crippen molar-refractivity contribution in [3.63, 3.8) is 0 Å². The third kappa shape index (κ3) is 3.16. The Bertz CT molecular complexity index is 1800. The molecule has 6 nitrogen and oxygen atoms in total. The van der Waals surface area contributed by atoms with Gasteiger partial charge < -0.3 is 20.7 Å². The fourth-order valence-electron chi connectivity index (χ4n) is 5.80. The van der Waals surface area contributed by atoms with Crippen LogP contribution in [-0.2, 0) is 12.1 Å². The first-order valence-corrected chi connectivity index (χ1v) is 12.5. The molecule has 0 atom stereocenters. The highest BCUT2D eigenvalue weighted by molar-refractivity contribution is 6.20. The lowest BCUT2D eigenvalue weighted by Crippen LogP contribution is -2.24. The Balaban J connectivity index is 1.43. The summed E-state index contributed by atoms with van der Waals surface area (Å²) in [4.78, 5) is 30.8. The molecule has 1 aliphatic heterocycles. The minimum absolute atomic E-state index is 0.00251. The molecule has 2 heterocycles. The zero-order valence-corrected chi connectivity index (χ0v) is 20.3. The SMILES string of the molecule is Cc1c(-c2ccc(C(N)=O)c3[nH]c4cc(C5(O)CC5)ccc4c23)cccc1N1Cc2ccccc2C1=O. The van der Waals surface area contributed by atoms with Crippen molar-refractivity contribution in [2.24, 2.45) is 5.73 Å². The number of primary amides is 1. The predicted octanol–water partition coefficient (Wildman–Crippen LogP) is 5.54. The summed E-state index contributed by atoms with van der Waals surface area (Å²) in [5.74, 6) is -0.502. The number of nitrogens with two attached hydrogens (primary N) is 1. The number of hydrogen-bond acceptors (Lipinski definition) is 3. The molecule has 0 radical (unpaired) electrons. The number of fused-ring (bicyclic) bond motifs is 4. The van der Waals surface area contributed by atoms with Crippen LogP contribution in [0.25, 0.3) is 32.9 Å². The first kappa shape index (κ1) is 21.8. The fourth-order valence-corrected chi connectivity index (χ4v) is 5.80. The Morgan fingerprint density at radius 1 is 0.973 bits per heavy atom. The maximum absolute atomic E-state index is 13.2. The van der Waals surface area contributed by atoms with Crippen LogP contribution in [0.2, 0.25) is 0 Å². The molecular weight excluding hydrogens is 462 g/mol. The number of nitrogens with zero attached hydrogens (tertiary/aromatic N) is 1. The average molecular weight is 488 g/mol. The van der Waals surface area contributed by atoms with E-state index in [9.17, 15) is 14.7 Å². The number of H-pyrrole nitrogens is 1. The molecule has 4 aromatic carbocycles. The van der Waals surface area contributed by atoms with Crippen LogP contribution in [0.3, 0.4) is 0 Å². The van der Waals surface area contributed by atoms with Gasteiger partial charge in [0, 0.05) is 27.5 Å². The number of hydrogen-bond donors (Lipinski definition) is 3. The van der Waals surface area contributed by atoms with Crippen LogP contribution in [0.15, 0.2) is 72.8 Å². The number of anilines is 1. The van der Waals surface area contributed by atoms with Crippen LogP contribution < -0.4 is 10.6 Å². The maximum atomic E-state index is 13.2. The van der Waals surface area contributed by atoms with Gasteiger partial charge in [0.25, 0.3) is 11.8 Å². The number of aliphatic hydroxyl groups is 1. The van der Waals surface area contributed by atoms with E-state index in [1.807, 2.05) is 78.6 Å². The van der Waals surface area contributed by atoms with Gasteiger partial charge in [-0.3, -0.25) is 9.59 Å². The summed E-state index contributed by atoms with van der Waals surface area (Å²) in [5.41, 5.74) is 13.3. The number of amides is 2. The summed E-state index contributed by atoms with van der Waals surface area (Å²) in [6.45, 7) is 2.57. The molecule has 0 unspecified atom stereocenters. The van der Waals surface area contributed by atoms with Gasteiger partial charge in [-0.1, -0.05) is 48.5 Å². The van der Waals surface area contributed by atoms with Crippen molar-refractivity contribution in [1.82, 2.24) is 4.98 Å². The van der Waals surface area contributed by atoms with E-state index in [0.717, 1.165) is 68.2 Å². The lowest BCUT2D eigenvalue weighted by molar-refractivity contribution is 0.0990. The molecule has 4 N–H and O–H groups in total. The number of aromatic amines is 1. The van der Waals surface area contributed by atoms with Crippen LogP contribution in [0, 0.1) is 6.92 Å². The van der Waals surface area contributed by atoms with Gasteiger partial charge in [0.05, 0.1) is 23.2 Å². The summed E-state index contributed by atoms with van der Waals surface area (Å²) in [5, 5.41) is 12.5. The van der Waals surface area contributed by atoms with Crippen LogP contribution >= 0.6 is 0 Å². The van der Waals surface area contributed by atoms with Gasteiger partial charge in [-0.15, -0.1) is 0 Å². The number of carbonyl (C=O) groups excluding carboxylic acids is 2. The van der Waals surface area contributed by atoms with Crippen molar-refractivity contribution in [2.45, 2.75) is 31.9 Å². The van der Waals surface area contributed by atoms with Crippen LogP contribution in [0.1, 0.15) is 50.2 Å². The minimum Gasteiger partial charge on any atom is -0.385 e. The van der Waals surface area contributed by atoms with Gasteiger partial charge in [0.2, 0.25) is 0 Å². The standard InChI is InChI=1S/C31H25N3O3/c1-17-20(7-4-8-26(17)34-16-18-5-2-3-6-21(18)30(34)36)22-11-12-24(29(32)35)28-27(22)23-10-9-19(15-25(23)33-28)31(37)13-14-31/h2-12,15,33,37H,13-14,16H2,1H3,(H2,32,35). The molecule has 37 heavy (non-hydrogen) atoms. The second-order valence-electron chi connectivity index (χ2n) is 10.2. The zero-order valence-electron chi connectivity index (χ0n) is 20.3. The van der Waals surface area contributed by atoms with E-state index in [2.05, 4.69) is 4.98 Å². The van der Waals surface area contributed by atoms with Crippen LogP contribution in [0.5, 0.6) is 0 Å². The van der Waals surface area contributed by atoms with E-state index in [1.165, 1.54) is 0 Å². The average Bonchev–Trinajstić information content (AvgIpc) is 3.40. The first-order chi connectivity index (χ1) is 17.9. The number of benzene rings is 4. The van der Waals surface area contributed by atoms with Crippen molar-refractivity contribution in [3.8, 4) is 11.1 Å². The molecule has 2 aliphatic rings. The minimum atomic E-state index is -0.758. The fraction of sp³-hybridized carbons (Fsp3) is 0.161.